The molecule has 0 radical (unpaired) electrons. The van der Waals surface area contributed by atoms with E-state index in [0.717, 1.165) is 36.5 Å². The Morgan fingerprint density at radius 3 is 2.40 bits per heavy atom. The summed E-state index contributed by atoms with van der Waals surface area (Å²) in [7, 11) is 1.86. The molecule has 1 atom stereocenters. The first-order valence-electron chi connectivity index (χ1n) is 7.37. The molecule has 0 N–H and O–H groups in total. The zero-order chi connectivity index (χ0) is 14.5. The Labute approximate surface area is 126 Å². The molecule has 2 rings (SSSR count). The lowest BCUT2D eigenvalue weighted by Crippen LogP contribution is -2.42. The van der Waals surface area contributed by atoms with Crippen LogP contribution in [0, 0.1) is 0 Å². The molecule has 1 aliphatic heterocycles. The molecule has 0 saturated carbocycles. The van der Waals surface area contributed by atoms with E-state index in [1.54, 1.807) is 4.90 Å². The van der Waals surface area contributed by atoms with Gasteiger partial charge >= 0.3 is 6.03 Å². The maximum absolute atomic E-state index is 12.6. The molecule has 3 nitrogen and oxygen atoms in total. The van der Waals surface area contributed by atoms with E-state index < -0.39 is 0 Å². The summed E-state index contributed by atoms with van der Waals surface area (Å²) >= 11 is 6.23. The van der Waals surface area contributed by atoms with Crippen molar-refractivity contribution in [2.75, 3.05) is 20.1 Å². The molecule has 1 saturated heterocycles. The van der Waals surface area contributed by atoms with Gasteiger partial charge in [-0.2, -0.15) is 0 Å². The second-order valence-electron chi connectivity index (χ2n) is 5.49. The van der Waals surface area contributed by atoms with Gasteiger partial charge in [0.25, 0.3) is 0 Å². The van der Waals surface area contributed by atoms with E-state index in [2.05, 4.69) is 0 Å². The quantitative estimate of drug-likeness (QED) is 0.796. The first-order chi connectivity index (χ1) is 9.61. The van der Waals surface area contributed by atoms with Gasteiger partial charge in [-0.05, 0) is 31.4 Å². The predicted molar refractivity (Wildman–Crippen MR) is 83.1 cm³/mol. The van der Waals surface area contributed by atoms with Gasteiger partial charge in [0.1, 0.15) is 0 Å². The van der Waals surface area contributed by atoms with E-state index >= 15 is 0 Å². The number of nitrogens with zero attached hydrogens (tertiary/aromatic N) is 2. The molecule has 0 aromatic heterocycles. The fraction of sp³-hybridized carbons (Fsp3) is 0.562. The van der Waals surface area contributed by atoms with Gasteiger partial charge in [0, 0.05) is 25.2 Å². The number of halogens is 1. The van der Waals surface area contributed by atoms with E-state index in [0.29, 0.717) is 0 Å². The molecule has 1 heterocycles. The minimum Gasteiger partial charge on any atom is -0.325 e. The highest BCUT2D eigenvalue weighted by molar-refractivity contribution is 6.31. The Bertz CT molecular complexity index is 456. The second-order valence-corrected chi connectivity index (χ2v) is 5.90. The average molecular weight is 295 g/mol. The second kappa shape index (κ2) is 6.98. The third kappa shape index (κ3) is 3.45. The number of carbonyl (C=O) groups is 1. The Hall–Kier alpha value is -1.22. The van der Waals surface area contributed by atoms with Gasteiger partial charge in [0.2, 0.25) is 0 Å². The lowest BCUT2D eigenvalue weighted by Gasteiger charge is -2.31. The van der Waals surface area contributed by atoms with Crippen molar-refractivity contribution in [3.63, 3.8) is 0 Å². The van der Waals surface area contributed by atoms with E-state index in [9.17, 15) is 4.79 Å². The van der Waals surface area contributed by atoms with Crippen LogP contribution >= 0.6 is 11.6 Å². The van der Waals surface area contributed by atoms with Crippen LogP contribution in [-0.4, -0.2) is 36.0 Å². The number of urea groups is 1. The molecule has 4 heteroatoms. The Morgan fingerprint density at radius 1 is 1.20 bits per heavy atom. The summed E-state index contributed by atoms with van der Waals surface area (Å²) in [4.78, 5) is 16.4. The van der Waals surface area contributed by atoms with Crippen molar-refractivity contribution >= 4 is 17.6 Å². The molecule has 0 aliphatic carbocycles. The van der Waals surface area contributed by atoms with Crippen LogP contribution in [-0.2, 0) is 0 Å². The van der Waals surface area contributed by atoms with Gasteiger partial charge in [-0.25, -0.2) is 4.79 Å². The lowest BCUT2D eigenvalue weighted by molar-refractivity contribution is 0.151. The maximum atomic E-state index is 12.6. The first-order valence-corrected chi connectivity index (χ1v) is 7.75. The average Bonchev–Trinajstić information content (AvgIpc) is 2.74. The number of hydrogen-bond acceptors (Lipinski definition) is 1. The Balaban J connectivity index is 2.07. The van der Waals surface area contributed by atoms with Gasteiger partial charge in [-0.1, -0.05) is 42.6 Å². The molecular weight excluding hydrogens is 272 g/mol. The summed E-state index contributed by atoms with van der Waals surface area (Å²) in [6.07, 6.45) is 4.68. The molecule has 1 aromatic rings. The number of rotatable bonds is 2. The third-order valence-electron chi connectivity index (χ3n) is 4.11. The van der Waals surface area contributed by atoms with E-state index in [4.69, 9.17) is 11.6 Å². The van der Waals surface area contributed by atoms with Crippen molar-refractivity contribution in [1.82, 2.24) is 9.80 Å². The van der Waals surface area contributed by atoms with Crippen molar-refractivity contribution in [3.8, 4) is 0 Å². The smallest absolute Gasteiger partial charge is 0.320 e. The van der Waals surface area contributed by atoms with Crippen molar-refractivity contribution in [3.05, 3.63) is 34.9 Å². The molecule has 1 aromatic carbocycles. The standard InChI is InChI=1S/C16H23ClN2O/c1-13(14-9-5-6-10-15(14)17)18(2)16(20)19-11-7-3-4-8-12-19/h5-6,9-10,13H,3-4,7-8,11-12H2,1-2H3. The summed E-state index contributed by atoms with van der Waals surface area (Å²) < 4.78 is 0. The van der Waals surface area contributed by atoms with Crippen LogP contribution in [0.3, 0.4) is 0 Å². The van der Waals surface area contributed by atoms with Gasteiger partial charge in [-0.3, -0.25) is 0 Å². The van der Waals surface area contributed by atoms with Crippen LogP contribution in [0.25, 0.3) is 0 Å². The maximum Gasteiger partial charge on any atom is 0.320 e. The number of carbonyl (C=O) groups excluding carboxylic acids is 1. The van der Waals surface area contributed by atoms with Crippen molar-refractivity contribution < 1.29 is 4.79 Å². The summed E-state index contributed by atoms with van der Waals surface area (Å²) in [5.74, 6) is 0. The largest absolute Gasteiger partial charge is 0.325 e. The molecular formula is C16H23ClN2O. The molecule has 1 aliphatic rings. The monoisotopic (exact) mass is 294 g/mol. The predicted octanol–water partition coefficient (Wildman–Crippen LogP) is 4.33. The number of hydrogen-bond donors (Lipinski definition) is 0. The summed E-state index contributed by atoms with van der Waals surface area (Å²) in [6.45, 7) is 3.77. The minimum absolute atomic E-state index is 0.0144. The van der Waals surface area contributed by atoms with E-state index in [1.165, 1.54) is 12.8 Å². The molecule has 0 bridgehead atoms. The fourth-order valence-corrected chi connectivity index (χ4v) is 2.97. The number of likely N-dealkylation sites (tertiary alicyclic amines) is 1. The van der Waals surface area contributed by atoms with Crippen molar-refractivity contribution in [2.45, 2.75) is 38.6 Å². The SMILES string of the molecule is CC(c1ccccc1Cl)N(C)C(=O)N1CCCCCC1. The van der Waals surface area contributed by atoms with Gasteiger partial charge in [0.15, 0.2) is 0 Å². The van der Waals surface area contributed by atoms with Crippen LogP contribution in [0.5, 0.6) is 0 Å². The number of amides is 2. The topological polar surface area (TPSA) is 23.6 Å². The van der Waals surface area contributed by atoms with E-state index in [-0.39, 0.29) is 12.1 Å². The van der Waals surface area contributed by atoms with E-state index in [1.807, 2.05) is 43.1 Å². The summed E-state index contributed by atoms with van der Waals surface area (Å²) in [5, 5.41) is 0.718. The molecule has 110 valence electrons. The highest BCUT2D eigenvalue weighted by atomic mass is 35.5. The van der Waals surface area contributed by atoms with Crippen LogP contribution in [0.15, 0.2) is 24.3 Å². The fourth-order valence-electron chi connectivity index (χ4n) is 2.67. The third-order valence-corrected chi connectivity index (χ3v) is 4.46. The minimum atomic E-state index is -0.0144. The van der Waals surface area contributed by atoms with Gasteiger partial charge in [-0.15, -0.1) is 0 Å². The van der Waals surface area contributed by atoms with Crippen LogP contribution in [0.2, 0.25) is 5.02 Å². The Kier molecular flexibility index (Phi) is 5.30. The van der Waals surface area contributed by atoms with Crippen LogP contribution in [0.4, 0.5) is 4.79 Å². The summed E-state index contributed by atoms with van der Waals surface area (Å²) in [5.41, 5.74) is 1.000. The normalized spacial score (nSPS) is 17.4. The van der Waals surface area contributed by atoms with Crippen LogP contribution < -0.4 is 0 Å². The van der Waals surface area contributed by atoms with Crippen molar-refractivity contribution in [1.29, 1.82) is 0 Å². The highest BCUT2D eigenvalue weighted by Crippen LogP contribution is 2.27. The molecule has 1 fully saturated rings. The zero-order valence-electron chi connectivity index (χ0n) is 12.3. The number of benzene rings is 1. The van der Waals surface area contributed by atoms with Crippen LogP contribution in [0.1, 0.15) is 44.2 Å². The molecule has 0 spiro atoms. The van der Waals surface area contributed by atoms with Crippen molar-refractivity contribution in [2.24, 2.45) is 0 Å². The summed E-state index contributed by atoms with van der Waals surface area (Å²) in [6, 6.07) is 7.83. The van der Waals surface area contributed by atoms with Gasteiger partial charge < -0.3 is 9.80 Å². The first kappa shape index (κ1) is 15.2. The zero-order valence-corrected chi connectivity index (χ0v) is 13.1. The highest BCUT2D eigenvalue weighted by Gasteiger charge is 2.24. The molecule has 1 unspecified atom stereocenters. The lowest BCUT2D eigenvalue weighted by atomic mass is 10.1. The van der Waals surface area contributed by atoms with Gasteiger partial charge in [0.05, 0.1) is 6.04 Å². The Morgan fingerprint density at radius 2 is 1.80 bits per heavy atom. The molecule has 2 amide bonds. The molecule has 20 heavy (non-hydrogen) atoms.